The predicted octanol–water partition coefficient (Wildman–Crippen LogP) is 4.81. The van der Waals surface area contributed by atoms with E-state index in [4.69, 9.17) is 11.6 Å². The minimum atomic E-state index is -0.462. The molecule has 2 aromatic carbocycles. The van der Waals surface area contributed by atoms with E-state index in [1.54, 1.807) is 23.2 Å². The third kappa shape index (κ3) is 3.55. The van der Waals surface area contributed by atoms with Crippen LogP contribution >= 0.6 is 23.4 Å². The number of thioether (sulfide) groups is 1. The van der Waals surface area contributed by atoms with Crippen molar-refractivity contribution >= 4 is 29.3 Å². The summed E-state index contributed by atoms with van der Waals surface area (Å²) in [6, 6.07) is 12.2. The maximum atomic E-state index is 13.3. The van der Waals surface area contributed by atoms with Crippen molar-refractivity contribution < 1.29 is 9.18 Å². The van der Waals surface area contributed by atoms with Gasteiger partial charge < -0.3 is 4.90 Å². The van der Waals surface area contributed by atoms with Crippen LogP contribution in [0.2, 0.25) is 5.02 Å². The summed E-state index contributed by atoms with van der Waals surface area (Å²) in [6.45, 7) is 0.899. The first kappa shape index (κ1) is 17.9. The van der Waals surface area contributed by atoms with Crippen LogP contribution in [0.4, 0.5) is 4.39 Å². The van der Waals surface area contributed by atoms with E-state index < -0.39 is 5.82 Å². The number of halogens is 2. The second-order valence-corrected chi connectivity index (χ2v) is 7.39. The topological polar surface area (TPSA) is 46.1 Å². The fourth-order valence-corrected chi connectivity index (χ4v) is 3.67. The largest absolute Gasteiger partial charge is 0.330 e. The quantitative estimate of drug-likeness (QED) is 0.466. The molecule has 27 heavy (non-hydrogen) atoms. The number of carbonyl (C=O) groups is 1. The first-order valence-corrected chi connectivity index (χ1v) is 9.89. The highest BCUT2D eigenvalue weighted by Gasteiger charge is 2.28. The zero-order valence-corrected chi connectivity index (χ0v) is 16.0. The van der Waals surface area contributed by atoms with E-state index in [-0.39, 0.29) is 10.9 Å². The average molecular weight is 400 g/mol. The number of amides is 1. The van der Waals surface area contributed by atoms with Crippen LogP contribution in [0.1, 0.15) is 21.5 Å². The molecule has 0 aliphatic carbocycles. The number of benzene rings is 2. The van der Waals surface area contributed by atoms with E-state index in [2.05, 4.69) is 9.97 Å². The summed E-state index contributed by atoms with van der Waals surface area (Å²) in [6.07, 6.45) is 3.64. The van der Waals surface area contributed by atoms with E-state index >= 15 is 0 Å². The van der Waals surface area contributed by atoms with Gasteiger partial charge in [0.15, 0.2) is 5.16 Å². The van der Waals surface area contributed by atoms with Crippen LogP contribution in [0.3, 0.4) is 0 Å². The van der Waals surface area contributed by atoms with Crippen LogP contribution in [0, 0.1) is 5.82 Å². The molecule has 0 unspecified atom stereocenters. The van der Waals surface area contributed by atoms with Gasteiger partial charge in [-0.25, -0.2) is 14.4 Å². The molecule has 0 spiro atoms. The standard InChI is InChI=1S/C20H15ClFN3OS/c1-27-20-23-7-6-18(24-20)13-3-4-14-11-25(19(26)15(14)9-13)10-12-2-5-17(22)16(21)8-12/h2-9H,10-11H2,1H3. The first-order valence-electron chi connectivity index (χ1n) is 8.28. The molecular formula is C20H15ClFN3OS. The molecule has 0 bridgehead atoms. The second kappa shape index (κ2) is 7.29. The number of carbonyl (C=O) groups excluding carboxylic acids is 1. The monoisotopic (exact) mass is 399 g/mol. The Hall–Kier alpha value is -2.44. The highest BCUT2D eigenvalue weighted by atomic mass is 35.5. The SMILES string of the molecule is CSc1nccc(-c2ccc3c(c2)C(=O)N(Cc2ccc(F)c(Cl)c2)C3)n1. The summed E-state index contributed by atoms with van der Waals surface area (Å²) >= 11 is 7.32. The Labute approximate surface area is 165 Å². The van der Waals surface area contributed by atoms with E-state index in [9.17, 15) is 9.18 Å². The molecule has 2 heterocycles. The van der Waals surface area contributed by atoms with Crippen LogP contribution in [0.15, 0.2) is 53.8 Å². The van der Waals surface area contributed by atoms with Crippen molar-refractivity contribution in [2.24, 2.45) is 0 Å². The number of rotatable bonds is 4. The Morgan fingerprint density at radius 1 is 1.22 bits per heavy atom. The number of aromatic nitrogens is 2. The van der Waals surface area contributed by atoms with Crippen LogP contribution in [-0.4, -0.2) is 27.0 Å². The van der Waals surface area contributed by atoms with Crippen LogP contribution in [0.5, 0.6) is 0 Å². The van der Waals surface area contributed by atoms with Crippen LogP contribution < -0.4 is 0 Å². The fourth-order valence-electron chi connectivity index (χ4n) is 3.11. The Balaban J connectivity index is 1.59. The molecule has 136 valence electrons. The van der Waals surface area contributed by atoms with Gasteiger partial charge in [0.25, 0.3) is 5.91 Å². The Morgan fingerprint density at radius 3 is 2.85 bits per heavy atom. The molecular weight excluding hydrogens is 385 g/mol. The van der Waals surface area contributed by atoms with Crippen molar-refractivity contribution in [1.82, 2.24) is 14.9 Å². The summed E-state index contributed by atoms with van der Waals surface area (Å²) < 4.78 is 13.3. The van der Waals surface area contributed by atoms with E-state index in [0.29, 0.717) is 23.8 Å². The van der Waals surface area contributed by atoms with Crippen molar-refractivity contribution in [2.75, 3.05) is 6.26 Å². The molecule has 0 atom stereocenters. The summed E-state index contributed by atoms with van der Waals surface area (Å²) in [7, 11) is 0. The van der Waals surface area contributed by atoms with Crippen LogP contribution in [-0.2, 0) is 13.1 Å². The van der Waals surface area contributed by atoms with Gasteiger partial charge in [0.05, 0.1) is 10.7 Å². The van der Waals surface area contributed by atoms with Gasteiger partial charge in [0, 0.05) is 30.4 Å². The molecule has 7 heteroatoms. The van der Waals surface area contributed by atoms with Gasteiger partial charge in [-0.15, -0.1) is 0 Å². The van der Waals surface area contributed by atoms with Crippen molar-refractivity contribution in [3.05, 3.63) is 76.2 Å². The Bertz CT molecular complexity index is 1040. The van der Waals surface area contributed by atoms with Gasteiger partial charge in [0.1, 0.15) is 5.82 Å². The number of hydrogen-bond acceptors (Lipinski definition) is 4. The van der Waals surface area contributed by atoms with E-state index in [1.165, 1.54) is 17.8 Å². The first-order chi connectivity index (χ1) is 13.0. The van der Waals surface area contributed by atoms with E-state index in [0.717, 1.165) is 22.4 Å². The van der Waals surface area contributed by atoms with Crippen molar-refractivity contribution in [3.8, 4) is 11.3 Å². The van der Waals surface area contributed by atoms with Gasteiger partial charge in [-0.2, -0.15) is 0 Å². The molecule has 4 rings (SSSR count). The zero-order chi connectivity index (χ0) is 19.0. The average Bonchev–Trinajstić information content (AvgIpc) is 3.00. The van der Waals surface area contributed by atoms with Crippen molar-refractivity contribution in [3.63, 3.8) is 0 Å². The lowest BCUT2D eigenvalue weighted by molar-refractivity contribution is 0.0766. The lowest BCUT2D eigenvalue weighted by Gasteiger charge is -2.15. The minimum Gasteiger partial charge on any atom is -0.330 e. The number of hydrogen-bond donors (Lipinski definition) is 0. The molecule has 1 aliphatic rings. The van der Waals surface area contributed by atoms with Gasteiger partial charge in [-0.3, -0.25) is 4.79 Å². The molecule has 0 saturated heterocycles. The van der Waals surface area contributed by atoms with Crippen molar-refractivity contribution in [2.45, 2.75) is 18.2 Å². The highest BCUT2D eigenvalue weighted by molar-refractivity contribution is 7.98. The van der Waals surface area contributed by atoms with Gasteiger partial charge in [-0.05, 0) is 41.6 Å². The lowest BCUT2D eigenvalue weighted by atomic mass is 10.0. The number of nitrogens with zero attached hydrogens (tertiary/aromatic N) is 3. The highest BCUT2D eigenvalue weighted by Crippen LogP contribution is 2.29. The molecule has 1 aliphatic heterocycles. The van der Waals surface area contributed by atoms with Gasteiger partial charge >= 0.3 is 0 Å². The maximum Gasteiger partial charge on any atom is 0.254 e. The molecule has 0 N–H and O–H groups in total. The zero-order valence-electron chi connectivity index (χ0n) is 14.4. The maximum absolute atomic E-state index is 13.3. The molecule has 0 radical (unpaired) electrons. The van der Waals surface area contributed by atoms with Crippen molar-refractivity contribution in [1.29, 1.82) is 0 Å². The third-order valence-electron chi connectivity index (χ3n) is 4.46. The second-order valence-electron chi connectivity index (χ2n) is 6.21. The predicted molar refractivity (Wildman–Crippen MR) is 104 cm³/mol. The molecule has 1 amide bonds. The lowest BCUT2D eigenvalue weighted by Crippen LogP contribution is -2.23. The van der Waals surface area contributed by atoms with E-state index in [1.807, 2.05) is 30.5 Å². The Morgan fingerprint density at radius 2 is 2.07 bits per heavy atom. The fraction of sp³-hybridized carbons (Fsp3) is 0.150. The molecule has 0 saturated carbocycles. The van der Waals surface area contributed by atoms with Crippen LogP contribution in [0.25, 0.3) is 11.3 Å². The summed E-state index contributed by atoms with van der Waals surface area (Å²) in [4.78, 5) is 23.2. The summed E-state index contributed by atoms with van der Waals surface area (Å²) in [5, 5.41) is 0.751. The number of fused-ring (bicyclic) bond motifs is 1. The minimum absolute atomic E-state index is 0.0496. The van der Waals surface area contributed by atoms with Gasteiger partial charge in [0.2, 0.25) is 0 Å². The molecule has 3 aromatic rings. The smallest absolute Gasteiger partial charge is 0.254 e. The summed E-state index contributed by atoms with van der Waals surface area (Å²) in [5.74, 6) is -0.512. The third-order valence-corrected chi connectivity index (χ3v) is 5.31. The molecule has 4 nitrogen and oxygen atoms in total. The molecule has 0 fully saturated rings. The Kier molecular flexibility index (Phi) is 4.85. The normalized spacial score (nSPS) is 13.1. The summed E-state index contributed by atoms with van der Waals surface area (Å²) in [5.41, 5.74) is 4.10. The molecule has 1 aromatic heterocycles. The van der Waals surface area contributed by atoms with Gasteiger partial charge in [-0.1, -0.05) is 41.6 Å².